The maximum Gasteiger partial charge on any atom is 0.237 e. The highest BCUT2D eigenvalue weighted by Crippen LogP contribution is 2.24. The first-order valence-corrected chi connectivity index (χ1v) is 9.26. The fraction of sp³-hybridized carbons (Fsp3) is 0.211. The molecule has 0 saturated carbocycles. The van der Waals surface area contributed by atoms with Crippen molar-refractivity contribution in [3.05, 3.63) is 59.7 Å². The van der Waals surface area contributed by atoms with Crippen LogP contribution in [0.5, 0.6) is 0 Å². The van der Waals surface area contributed by atoms with Crippen molar-refractivity contribution in [1.29, 1.82) is 0 Å². The van der Waals surface area contributed by atoms with Crippen LogP contribution >= 0.6 is 11.8 Å². The molecule has 138 valence electrons. The molecule has 0 radical (unpaired) electrons. The van der Waals surface area contributed by atoms with E-state index < -0.39 is 5.25 Å². The average Bonchev–Trinajstić information content (AvgIpc) is 3.10. The second kappa shape index (κ2) is 8.13. The predicted molar refractivity (Wildman–Crippen MR) is 104 cm³/mol. The highest BCUT2D eigenvalue weighted by atomic mass is 32.2. The number of amides is 1. The van der Waals surface area contributed by atoms with Crippen molar-refractivity contribution < 1.29 is 9.59 Å². The van der Waals surface area contributed by atoms with Gasteiger partial charge < -0.3 is 5.32 Å². The van der Waals surface area contributed by atoms with E-state index in [-0.39, 0.29) is 11.7 Å². The Labute approximate surface area is 161 Å². The Bertz CT molecular complexity index is 968. The van der Waals surface area contributed by atoms with Crippen LogP contribution in [0.25, 0.3) is 5.69 Å². The molecule has 1 N–H and O–H groups in total. The van der Waals surface area contributed by atoms with Crippen molar-refractivity contribution in [1.82, 2.24) is 20.2 Å². The molecule has 0 saturated heterocycles. The number of anilines is 1. The van der Waals surface area contributed by atoms with E-state index in [0.29, 0.717) is 16.4 Å². The Balaban J connectivity index is 1.71. The van der Waals surface area contributed by atoms with E-state index in [4.69, 9.17) is 0 Å². The molecule has 1 unspecified atom stereocenters. The lowest BCUT2D eigenvalue weighted by molar-refractivity contribution is -0.115. The van der Waals surface area contributed by atoms with Crippen molar-refractivity contribution >= 4 is 29.1 Å². The molecule has 2 aromatic carbocycles. The lowest BCUT2D eigenvalue weighted by Gasteiger charge is -2.12. The quantitative estimate of drug-likeness (QED) is 0.520. The molecule has 1 amide bonds. The van der Waals surface area contributed by atoms with Gasteiger partial charge in [-0.1, -0.05) is 41.6 Å². The molecule has 0 spiro atoms. The summed E-state index contributed by atoms with van der Waals surface area (Å²) in [4.78, 5) is 24.0. The normalized spacial score (nSPS) is 11.8. The van der Waals surface area contributed by atoms with E-state index in [2.05, 4.69) is 20.8 Å². The molecule has 7 nitrogen and oxygen atoms in total. The van der Waals surface area contributed by atoms with Gasteiger partial charge in [0.1, 0.15) is 0 Å². The van der Waals surface area contributed by atoms with Crippen LogP contribution in [0.1, 0.15) is 29.8 Å². The molecule has 1 atom stereocenters. The van der Waals surface area contributed by atoms with E-state index in [1.54, 1.807) is 35.9 Å². The molecule has 3 aromatic rings. The van der Waals surface area contributed by atoms with E-state index in [9.17, 15) is 9.59 Å². The van der Waals surface area contributed by atoms with Gasteiger partial charge in [-0.2, -0.15) is 4.68 Å². The molecule has 0 aliphatic carbocycles. The van der Waals surface area contributed by atoms with E-state index in [0.717, 1.165) is 11.3 Å². The number of aryl methyl sites for hydroxylation is 1. The third-order valence-corrected chi connectivity index (χ3v) is 4.94. The fourth-order valence-electron chi connectivity index (χ4n) is 2.37. The van der Waals surface area contributed by atoms with E-state index in [1.807, 2.05) is 31.2 Å². The molecule has 1 aromatic heterocycles. The summed E-state index contributed by atoms with van der Waals surface area (Å²) in [6.07, 6.45) is 0. The third-order valence-electron chi connectivity index (χ3n) is 3.91. The van der Waals surface area contributed by atoms with Crippen molar-refractivity contribution in [2.75, 3.05) is 5.32 Å². The van der Waals surface area contributed by atoms with Gasteiger partial charge in [-0.25, -0.2) is 0 Å². The number of tetrazole rings is 1. The molecule has 0 aliphatic rings. The summed E-state index contributed by atoms with van der Waals surface area (Å²) in [6, 6.07) is 14.7. The first-order valence-electron chi connectivity index (χ1n) is 8.38. The number of Topliss-reactive ketones (excluding diaryl/α,β-unsaturated/α-hetero) is 1. The summed E-state index contributed by atoms with van der Waals surface area (Å²) in [5, 5.41) is 14.7. The summed E-state index contributed by atoms with van der Waals surface area (Å²) >= 11 is 1.26. The van der Waals surface area contributed by atoms with Gasteiger partial charge in [0.25, 0.3) is 0 Å². The minimum Gasteiger partial charge on any atom is -0.325 e. The molecular weight excluding hydrogens is 362 g/mol. The van der Waals surface area contributed by atoms with E-state index in [1.165, 1.54) is 18.7 Å². The van der Waals surface area contributed by atoms with Crippen LogP contribution < -0.4 is 5.32 Å². The Morgan fingerprint density at radius 2 is 1.89 bits per heavy atom. The van der Waals surface area contributed by atoms with Crippen molar-refractivity contribution in [3.8, 4) is 5.69 Å². The number of carbonyl (C=O) groups excluding carboxylic acids is 2. The number of nitrogens with one attached hydrogen (secondary N) is 1. The number of carbonyl (C=O) groups is 2. The zero-order chi connectivity index (χ0) is 19.4. The smallest absolute Gasteiger partial charge is 0.237 e. The topological polar surface area (TPSA) is 89.8 Å². The Hall–Kier alpha value is -3.00. The monoisotopic (exact) mass is 381 g/mol. The second-order valence-electron chi connectivity index (χ2n) is 6.10. The van der Waals surface area contributed by atoms with Gasteiger partial charge in [0.2, 0.25) is 11.1 Å². The van der Waals surface area contributed by atoms with Gasteiger partial charge in [-0.15, -0.1) is 5.10 Å². The van der Waals surface area contributed by atoms with Crippen molar-refractivity contribution in [3.63, 3.8) is 0 Å². The van der Waals surface area contributed by atoms with Gasteiger partial charge in [-0.05, 0) is 55.5 Å². The van der Waals surface area contributed by atoms with Crippen LogP contribution in [0, 0.1) is 6.92 Å². The lowest BCUT2D eigenvalue weighted by Crippen LogP contribution is -2.23. The fourth-order valence-corrected chi connectivity index (χ4v) is 3.18. The van der Waals surface area contributed by atoms with Crippen LogP contribution in [0.4, 0.5) is 5.69 Å². The number of hydrogen-bond acceptors (Lipinski definition) is 6. The maximum absolute atomic E-state index is 12.5. The number of rotatable bonds is 6. The minimum absolute atomic E-state index is 0.0502. The maximum atomic E-state index is 12.5. The SMILES string of the molecule is CC(=O)c1cccc(NC(=O)C(C)Sc2nnnn2-c2ccc(C)cc2)c1. The summed E-state index contributed by atoms with van der Waals surface area (Å²) in [7, 11) is 0. The number of ketones is 1. The third kappa shape index (κ3) is 4.59. The summed E-state index contributed by atoms with van der Waals surface area (Å²) < 4.78 is 1.60. The highest BCUT2D eigenvalue weighted by molar-refractivity contribution is 8.00. The highest BCUT2D eigenvalue weighted by Gasteiger charge is 2.19. The van der Waals surface area contributed by atoms with Gasteiger partial charge in [0.05, 0.1) is 10.9 Å². The van der Waals surface area contributed by atoms with Gasteiger partial charge in [0.15, 0.2) is 5.78 Å². The Kier molecular flexibility index (Phi) is 5.66. The molecule has 0 aliphatic heterocycles. The number of thioether (sulfide) groups is 1. The van der Waals surface area contributed by atoms with Crippen molar-refractivity contribution in [2.24, 2.45) is 0 Å². The summed E-state index contributed by atoms with van der Waals surface area (Å²) in [6.45, 7) is 5.28. The van der Waals surface area contributed by atoms with Crippen LogP contribution in [0.15, 0.2) is 53.7 Å². The minimum atomic E-state index is -0.429. The van der Waals surface area contributed by atoms with E-state index >= 15 is 0 Å². The molecule has 8 heteroatoms. The number of aromatic nitrogens is 4. The number of benzene rings is 2. The molecule has 3 rings (SSSR count). The van der Waals surface area contributed by atoms with Gasteiger partial charge in [-0.3, -0.25) is 9.59 Å². The number of nitrogens with zero attached hydrogens (tertiary/aromatic N) is 4. The number of hydrogen-bond donors (Lipinski definition) is 1. The molecule has 0 fully saturated rings. The second-order valence-corrected chi connectivity index (χ2v) is 7.40. The molecule has 1 heterocycles. The standard InChI is InChI=1S/C19H19N5O2S/c1-12-7-9-17(10-8-12)24-19(21-22-23-24)27-14(3)18(26)20-16-6-4-5-15(11-16)13(2)25/h4-11,14H,1-3H3,(H,20,26). The lowest BCUT2D eigenvalue weighted by atomic mass is 10.1. The zero-order valence-corrected chi connectivity index (χ0v) is 16.0. The van der Waals surface area contributed by atoms with Crippen LogP contribution in [0.2, 0.25) is 0 Å². The molecule has 27 heavy (non-hydrogen) atoms. The van der Waals surface area contributed by atoms with Crippen LogP contribution in [-0.2, 0) is 4.79 Å². The Morgan fingerprint density at radius 3 is 2.59 bits per heavy atom. The van der Waals surface area contributed by atoms with Gasteiger partial charge >= 0.3 is 0 Å². The average molecular weight is 381 g/mol. The summed E-state index contributed by atoms with van der Waals surface area (Å²) in [5.41, 5.74) is 3.10. The first-order chi connectivity index (χ1) is 12.9. The predicted octanol–water partition coefficient (Wildman–Crippen LogP) is 3.29. The Morgan fingerprint density at radius 1 is 1.15 bits per heavy atom. The van der Waals surface area contributed by atoms with Crippen molar-refractivity contribution in [2.45, 2.75) is 31.2 Å². The first kappa shape index (κ1) is 18.8. The van der Waals surface area contributed by atoms with Crippen LogP contribution in [-0.4, -0.2) is 37.1 Å². The van der Waals surface area contributed by atoms with Crippen LogP contribution in [0.3, 0.4) is 0 Å². The molecule has 0 bridgehead atoms. The van der Waals surface area contributed by atoms with Gasteiger partial charge in [0, 0.05) is 11.3 Å². The molecular formula is C19H19N5O2S. The summed E-state index contributed by atoms with van der Waals surface area (Å²) in [5.74, 6) is -0.245. The largest absolute Gasteiger partial charge is 0.325 e. The zero-order valence-electron chi connectivity index (χ0n) is 15.2.